The average Bonchev–Trinajstić information content (AvgIpc) is 3.62. The summed E-state index contributed by atoms with van der Waals surface area (Å²) in [6, 6.07) is 53.3. The molecule has 0 bridgehead atoms. The molecule has 11 rings (SSSR count). The number of nitrogens with zero attached hydrogens (tertiary/aromatic N) is 4. The maximum absolute atomic E-state index is 6.30. The Labute approximate surface area is 305 Å². The van der Waals surface area contributed by atoms with Gasteiger partial charge in [0, 0.05) is 29.3 Å². The van der Waals surface area contributed by atoms with Crippen LogP contribution in [0.5, 0.6) is 0 Å². The molecule has 0 atom stereocenters. The lowest BCUT2D eigenvalue weighted by atomic mass is 9.91. The zero-order valence-corrected chi connectivity index (χ0v) is 28.6. The number of aromatic nitrogens is 3. The minimum atomic E-state index is 0.624. The van der Waals surface area contributed by atoms with Gasteiger partial charge in [-0.2, -0.15) is 0 Å². The van der Waals surface area contributed by atoms with E-state index < -0.39 is 0 Å². The zero-order chi connectivity index (χ0) is 34.9. The molecule has 2 aromatic heterocycles. The number of hydrogen-bond donors (Lipinski definition) is 0. The molecule has 0 radical (unpaired) electrons. The number of hydrogen-bond acceptors (Lipinski definition) is 5. The lowest BCUT2D eigenvalue weighted by Crippen LogP contribution is -2.01. The Kier molecular flexibility index (Phi) is 6.61. The van der Waals surface area contributed by atoms with E-state index >= 15 is 0 Å². The molecule has 1 aliphatic heterocycles. The van der Waals surface area contributed by atoms with E-state index in [1.54, 1.807) is 0 Å². The van der Waals surface area contributed by atoms with E-state index in [4.69, 9.17) is 24.4 Å². The molecule has 0 unspecified atom stereocenters. The highest BCUT2D eigenvalue weighted by atomic mass is 16.3. The van der Waals surface area contributed by atoms with Crippen LogP contribution in [0.25, 0.3) is 99.3 Å². The molecule has 0 aliphatic carbocycles. The summed E-state index contributed by atoms with van der Waals surface area (Å²) < 4.78 is 6.30. The SMILES string of the molecule is C1=Nc2c(oc3ccc4c(-c5cc(-c6nc(-c7ccccc7)nc(-c7cc8ccccc8c8ccccc78)n6)cc6ccccc56)cccc4c23)CC1. The van der Waals surface area contributed by atoms with Crippen molar-refractivity contribution in [2.45, 2.75) is 12.8 Å². The maximum atomic E-state index is 6.30. The van der Waals surface area contributed by atoms with Crippen LogP contribution in [0.3, 0.4) is 0 Å². The van der Waals surface area contributed by atoms with E-state index in [-0.39, 0.29) is 0 Å². The molecule has 0 N–H and O–H groups in total. The van der Waals surface area contributed by atoms with Gasteiger partial charge >= 0.3 is 0 Å². The van der Waals surface area contributed by atoms with Crippen molar-refractivity contribution in [2.24, 2.45) is 4.99 Å². The highest BCUT2D eigenvalue weighted by Gasteiger charge is 2.21. The van der Waals surface area contributed by atoms with Crippen molar-refractivity contribution in [2.75, 3.05) is 0 Å². The van der Waals surface area contributed by atoms with Crippen LogP contribution < -0.4 is 0 Å². The lowest BCUT2D eigenvalue weighted by Gasteiger charge is -2.15. The second kappa shape index (κ2) is 11.8. The molecule has 1 aliphatic rings. The van der Waals surface area contributed by atoms with Gasteiger partial charge in [0.1, 0.15) is 17.0 Å². The Balaban J connectivity index is 1.17. The van der Waals surface area contributed by atoms with Crippen LogP contribution in [0.4, 0.5) is 5.69 Å². The van der Waals surface area contributed by atoms with Crippen LogP contribution in [0.2, 0.25) is 0 Å². The third-order valence-electron chi connectivity index (χ3n) is 10.6. The standard InChI is InChI=1S/C48H30N4O/c1-2-12-29(13-3-1)46-50-47(52-48(51-46)41-27-31-15-5-6-16-33(31)35-18-8-9-19-37(35)41)32-26-30-14-4-7-17-34(30)40(28-32)36-20-10-21-39-38(36)23-24-42-44(39)45-43(53-42)22-11-25-49-45/h1-10,12-21,23-28H,11,22H2. The van der Waals surface area contributed by atoms with Gasteiger partial charge in [-0.3, -0.25) is 4.99 Å². The molecular weight excluding hydrogens is 649 g/mol. The fourth-order valence-electron chi connectivity index (χ4n) is 8.12. The van der Waals surface area contributed by atoms with Crippen LogP contribution in [0.1, 0.15) is 12.2 Å². The Morgan fingerprint density at radius 2 is 1.09 bits per heavy atom. The molecule has 5 heteroatoms. The third kappa shape index (κ3) is 4.78. The minimum Gasteiger partial charge on any atom is -0.459 e. The molecule has 0 amide bonds. The normalized spacial score (nSPS) is 12.7. The van der Waals surface area contributed by atoms with Crippen LogP contribution in [-0.2, 0) is 6.42 Å². The number of benzene rings is 8. The second-order valence-electron chi connectivity index (χ2n) is 13.7. The van der Waals surface area contributed by atoms with E-state index in [1.807, 2.05) is 24.4 Å². The lowest BCUT2D eigenvalue weighted by molar-refractivity contribution is 0.551. The summed E-state index contributed by atoms with van der Waals surface area (Å²) in [5.41, 5.74) is 6.93. The first-order valence-electron chi connectivity index (χ1n) is 18.0. The first-order valence-corrected chi connectivity index (χ1v) is 18.0. The van der Waals surface area contributed by atoms with Gasteiger partial charge in [-0.25, -0.2) is 15.0 Å². The van der Waals surface area contributed by atoms with Crippen molar-refractivity contribution >= 4 is 66.0 Å². The van der Waals surface area contributed by atoms with Gasteiger partial charge in [0.05, 0.1) is 5.39 Å². The third-order valence-corrected chi connectivity index (χ3v) is 10.6. The molecule has 3 heterocycles. The van der Waals surface area contributed by atoms with Crippen molar-refractivity contribution in [3.63, 3.8) is 0 Å². The number of rotatable bonds is 4. The molecule has 0 spiro atoms. The van der Waals surface area contributed by atoms with Crippen molar-refractivity contribution in [3.8, 4) is 45.3 Å². The molecule has 5 nitrogen and oxygen atoms in total. The van der Waals surface area contributed by atoms with Gasteiger partial charge in [-0.15, -0.1) is 0 Å². The summed E-state index contributed by atoms with van der Waals surface area (Å²) in [5, 5.41) is 10.3. The van der Waals surface area contributed by atoms with Crippen LogP contribution in [-0.4, -0.2) is 21.2 Å². The summed E-state index contributed by atoms with van der Waals surface area (Å²) in [6.45, 7) is 0. The predicted molar refractivity (Wildman–Crippen MR) is 218 cm³/mol. The van der Waals surface area contributed by atoms with Crippen LogP contribution >= 0.6 is 0 Å². The number of furan rings is 1. The zero-order valence-electron chi connectivity index (χ0n) is 28.6. The Morgan fingerprint density at radius 3 is 1.94 bits per heavy atom. The largest absolute Gasteiger partial charge is 0.459 e. The van der Waals surface area contributed by atoms with Gasteiger partial charge in [0.2, 0.25) is 0 Å². The summed E-state index contributed by atoms with van der Waals surface area (Å²) in [7, 11) is 0. The monoisotopic (exact) mass is 678 g/mol. The molecule has 8 aromatic carbocycles. The van der Waals surface area contributed by atoms with E-state index in [0.29, 0.717) is 17.5 Å². The van der Waals surface area contributed by atoms with Crippen molar-refractivity contribution in [1.29, 1.82) is 0 Å². The maximum Gasteiger partial charge on any atom is 0.164 e. The van der Waals surface area contributed by atoms with E-state index in [0.717, 1.165) is 95.4 Å². The molecule has 248 valence electrons. The van der Waals surface area contributed by atoms with E-state index in [9.17, 15) is 0 Å². The predicted octanol–water partition coefficient (Wildman–Crippen LogP) is 12.5. The molecule has 53 heavy (non-hydrogen) atoms. The topological polar surface area (TPSA) is 64.2 Å². The summed E-state index contributed by atoms with van der Waals surface area (Å²) >= 11 is 0. The minimum absolute atomic E-state index is 0.624. The number of aliphatic imine (C=N–C) groups is 1. The Hall–Kier alpha value is -6.98. The molecule has 0 saturated heterocycles. The summed E-state index contributed by atoms with van der Waals surface area (Å²) in [6.07, 6.45) is 3.77. The van der Waals surface area contributed by atoms with Crippen molar-refractivity contribution in [3.05, 3.63) is 157 Å². The highest BCUT2D eigenvalue weighted by molar-refractivity contribution is 6.18. The van der Waals surface area contributed by atoms with Gasteiger partial charge in [-0.1, -0.05) is 127 Å². The first kappa shape index (κ1) is 29.7. The molecule has 0 saturated carbocycles. The Bertz CT molecular complexity index is 3120. The fraction of sp³-hybridized carbons (Fsp3) is 0.0417. The molecule has 10 aromatic rings. The molecule has 0 fully saturated rings. The molecular formula is C48H30N4O. The van der Waals surface area contributed by atoms with E-state index in [1.165, 1.54) is 10.8 Å². The quantitative estimate of drug-likeness (QED) is 0.174. The van der Waals surface area contributed by atoms with Gasteiger partial charge in [0.25, 0.3) is 0 Å². The van der Waals surface area contributed by atoms with Crippen molar-refractivity contribution in [1.82, 2.24) is 15.0 Å². The second-order valence-corrected chi connectivity index (χ2v) is 13.7. The Morgan fingerprint density at radius 1 is 0.434 bits per heavy atom. The number of fused-ring (bicyclic) bond motifs is 9. The highest BCUT2D eigenvalue weighted by Crippen LogP contribution is 2.44. The van der Waals surface area contributed by atoms with Gasteiger partial charge in [0.15, 0.2) is 17.5 Å². The van der Waals surface area contributed by atoms with Gasteiger partial charge < -0.3 is 4.42 Å². The summed E-state index contributed by atoms with van der Waals surface area (Å²) in [5.74, 6) is 2.87. The van der Waals surface area contributed by atoms with E-state index in [2.05, 4.69) is 133 Å². The van der Waals surface area contributed by atoms with Crippen LogP contribution in [0, 0.1) is 0 Å². The summed E-state index contributed by atoms with van der Waals surface area (Å²) in [4.78, 5) is 20.4. The average molecular weight is 679 g/mol. The van der Waals surface area contributed by atoms with Crippen molar-refractivity contribution < 1.29 is 4.42 Å². The smallest absolute Gasteiger partial charge is 0.164 e. The van der Waals surface area contributed by atoms with Gasteiger partial charge in [-0.05, 0) is 84.9 Å². The number of aryl methyl sites for hydroxylation is 1. The first-order chi connectivity index (χ1) is 26.3. The fourth-order valence-corrected chi connectivity index (χ4v) is 8.12. The van der Waals surface area contributed by atoms with Crippen LogP contribution in [0.15, 0.2) is 161 Å².